The zero-order valence-corrected chi connectivity index (χ0v) is 25.8. The second-order valence-electron chi connectivity index (χ2n) is 11.6. The highest BCUT2D eigenvalue weighted by atomic mass is 19.4. The Morgan fingerprint density at radius 2 is 1.71 bits per heavy atom. The molecule has 1 unspecified atom stereocenters. The summed E-state index contributed by atoms with van der Waals surface area (Å²) >= 11 is 0. The summed E-state index contributed by atoms with van der Waals surface area (Å²) in [7, 11) is 0. The molecular formula is C34H32F3N7O4. The van der Waals surface area contributed by atoms with Crippen molar-refractivity contribution in [2.75, 3.05) is 47.8 Å². The van der Waals surface area contributed by atoms with Crippen molar-refractivity contribution in [1.29, 1.82) is 0 Å². The summed E-state index contributed by atoms with van der Waals surface area (Å²) in [5, 5.41) is 5.48. The number of imide groups is 2. The summed E-state index contributed by atoms with van der Waals surface area (Å²) < 4.78 is 39.4. The first-order chi connectivity index (χ1) is 23.1. The van der Waals surface area contributed by atoms with Crippen molar-refractivity contribution in [1.82, 2.24) is 20.2 Å². The first-order valence-electron chi connectivity index (χ1n) is 15.7. The molecule has 1 atom stereocenters. The molecule has 0 spiro atoms. The van der Waals surface area contributed by atoms with Crippen LogP contribution in [0.5, 0.6) is 0 Å². The molecule has 14 heteroatoms. The quantitative estimate of drug-likeness (QED) is 0.211. The Hall–Kier alpha value is -5.45. The Balaban J connectivity index is 0.969. The van der Waals surface area contributed by atoms with E-state index in [0.717, 1.165) is 23.8 Å². The van der Waals surface area contributed by atoms with Crippen molar-refractivity contribution in [3.05, 3.63) is 77.0 Å². The largest absolute Gasteiger partial charge is 0.416 e. The molecule has 1 aromatic heterocycles. The number of nitrogens with zero attached hydrogens (tertiary/aromatic N) is 5. The van der Waals surface area contributed by atoms with Gasteiger partial charge in [0.1, 0.15) is 11.9 Å². The van der Waals surface area contributed by atoms with Crippen molar-refractivity contribution in [2.45, 2.75) is 44.3 Å². The van der Waals surface area contributed by atoms with Gasteiger partial charge < -0.3 is 15.1 Å². The van der Waals surface area contributed by atoms with E-state index in [1.165, 1.54) is 18.2 Å². The molecule has 0 bridgehead atoms. The minimum absolute atomic E-state index is 0.0517. The number of benzene rings is 2. The lowest BCUT2D eigenvalue weighted by Crippen LogP contribution is -2.54. The van der Waals surface area contributed by atoms with Crippen LogP contribution >= 0.6 is 0 Å². The second-order valence-corrected chi connectivity index (χ2v) is 11.6. The van der Waals surface area contributed by atoms with Crippen LogP contribution in [0, 0.1) is 11.8 Å². The molecule has 11 nitrogen and oxygen atoms in total. The number of fused-ring (bicyclic) bond motifs is 1. The zero-order valence-electron chi connectivity index (χ0n) is 25.8. The number of anilines is 3. The van der Waals surface area contributed by atoms with Crippen LogP contribution in [0.1, 0.15) is 63.9 Å². The highest BCUT2D eigenvalue weighted by Crippen LogP contribution is 2.32. The van der Waals surface area contributed by atoms with Crippen molar-refractivity contribution in [3.8, 4) is 11.8 Å². The molecule has 6 rings (SSSR count). The minimum atomic E-state index is -4.38. The average Bonchev–Trinajstić information content (AvgIpc) is 3.33. The Kier molecular flexibility index (Phi) is 9.29. The Morgan fingerprint density at radius 3 is 2.48 bits per heavy atom. The monoisotopic (exact) mass is 659 g/mol. The van der Waals surface area contributed by atoms with Crippen LogP contribution in [0.2, 0.25) is 0 Å². The van der Waals surface area contributed by atoms with Gasteiger partial charge in [0.05, 0.1) is 16.7 Å². The Morgan fingerprint density at radius 1 is 0.938 bits per heavy atom. The van der Waals surface area contributed by atoms with Gasteiger partial charge in [0, 0.05) is 63.0 Å². The predicted molar refractivity (Wildman–Crippen MR) is 170 cm³/mol. The summed E-state index contributed by atoms with van der Waals surface area (Å²) in [6.45, 7) is 2.85. The number of hydrogen-bond acceptors (Lipinski definition) is 9. The topological polar surface area (TPSA) is 128 Å². The van der Waals surface area contributed by atoms with Crippen molar-refractivity contribution >= 4 is 41.1 Å². The zero-order chi connectivity index (χ0) is 33.8. The highest BCUT2D eigenvalue weighted by molar-refractivity contribution is 6.24. The first kappa shape index (κ1) is 32.5. The van der Waals surface area contributed by atoms with Gasteiger partial charge in [-0.3, -0.25) is 29.4 Å². The number of rotatable bonds is 8. The number of amides is 4. The van der Waals surface area contributed by atoms with E-state index in [1.807, 2.05) is 9.80 Å². The molecule has 2 saturated heterocycles. The van der Waals surface area contributed by atoms with Gasteiger partial charge >= 0.3 is 6.18 Å². The van der Waals surface area contributed by atoms with Crippen LogP contribution in [0.25, 0.3) is 0 Å². The molecule has 0 radical (unpaired) electrons. The Labute approximate surface area is 274 Å². The lowest BCUT2D eigenvalue weighted by Gasteiger charge is -2.36. The third-order valence-corrected chi connectivity index (χ3v) is 8.47. The van der Waals surface area contributed by atoms with Gasteiger partial charge in [-0.1, -0.05) is 24.0 Å². The van der Waals surface area contributed by atoms with Gasteiger partial charge in [0.2, 0.25) is 17.8 Å². The molecule has 3 aliphatic heterocycles. The normalized spacial score (nSPS) is 18.0. The molecule has 0 aliphatic carbocycles. The SMILES string of the molecule is O=C1CCC(N2C(=O)c3cccc(C#CCCCCNc4ccnc(N5CCN(c6cccc(C(F)(F)F)c6)CC5)n4)c3C2=O)C(=O)N1. The fourth-order valence-corrected chi connectivity index (χ4v) is 5.97. The van der Waals surface area contributed by atoms with Crippen LogP contribution in [0.3, 0.4) is 0 Å². The van der Waals surface area contributed by atoms with Crippen molar-refractivity contribution in [3.63, 3.8) is 0 Å². The summed E-state index contributed by atoms with van der Waals surface area (Å²) in [5.74, 6) is 5.06. The second kappa shape index (κ2) is 13.7. The number of carbonyl (C=O) groups is 4. The lowest BCUT2D eigenvalue weighted by atomic mass is 10.0. The molecule has 3 aromatic rings. The molecular weight excluding hydrogens is 627 g/mol. The number of alkyl halides is 3. The fraction of sp³-hybridized carbons (Fsp3) is 0.353. The van der Waals surface area contributed by atoms with Gasteiger partial charge in [-0.05, 0) is 55.7 Å². The molecule has 3 aliphatic rings. The average molecular weight is 660 g/mol. The molecule has 0 saturated carbocycles. The van der Waals surface area contributed by atoms with Gasteiger partial charge in [-0.15, -0.1) is 0 Å². The molecule has 48 heavy (non-hydrogen) atoms. The number of hydrogen-bond donors (Lipinski definition) is 2. The van der Waals surface area contributed by atoms with Gasteiger partial charge in [-0.25, -0.2) is 4.98 Å². The third-order valence-electron chi connectivity index (χ3n) is 8.47. The maximum Gasteiger partial charge on any atom is 0.416 e. The van der Waals surface area contributed by atoms with E-state index < -0.39 is 41.4 Å². The lowest BCUT2D eigenvalue weighted by molar-refractivity contribution is -0.138. The molecule has 248 valence electrons. The van der Waals surface area contributed by atoms with E-state index in [2.05, 4.69) is 32.4 Å². The molecule has 4 amide bonds. The smallest absolute Gasteiger partial charge is 0.370 e. The van der Waals surface area contributed by atoms with Crippen LogP contribution in [0.4, 0.5) is 30.6 Å². The summed E-state index contributed by atoms with van der Waals surface area (Å²) in [5.41, 5.74) is 0.673. The maximum absolute atomic E-state index is 13.2. The number of piperazine rings is 1. The van der Waals surface area contributed by atoms with Crippen LogP contribution < -0.4 is 20.4 Å². The number of piperidine rings is 1. The number of nitrogens with one attached hydrogen (secondary N) is 2. The van der Waals surface area contributed by atoms with Crippen LogP contribution in [-0.4, -0.2) is 77.3 Å². The van der Waals surface area contributed by atoms with E-state index in [9.17, 15) is 32.3 Å². The van der Waals surface area contributed by atoms with Gasteiger partial charge in [0.25, 0.3) is 11.8 Å². The third kappa shape index (κ3) is 6.95. The fourth-order valence-electron chi connectivity index (χ4n) is 5.97. The summed E-state index contributed by atoms with van der Waals surface area (Å²) in [6, 6.07) is 11.0. The van der Waals surface area contributed by atoms with Gasteiger partial charge in [0.15, 0.2) is 0 Å². The number of carbonyl (C=O) groups excluding carboxylic acids is 4. The number of unbranched alkanes of at least 4 members (excludes halogenated alkanes) is 2. The van der Waals surface area contributed by atoms with Crippen molar-refractivity contribution in [2.24, 2.45) is 0 Å². The first-order valence-corrected chi connectivity index (χ1v) is 15.7. The minimum Gasteiger partial charge on any atom is -0.370 e. The summed E-state index contributed by atoms with van der Waals surface area (Å²) in [6.07, 6.45) is -0.473. The Bertz CT molecular complexity index is 1810. The standard InChI is InChI=1S/C34H32F3N7O4/c35-34(36,37)23-9-6-10-24(21-23)42-17-19-43(20-18-42)33-39-16-14-27(40-33)38-15-4-2-1-3-7-22-8-5-11-25-29(22)32(48)44(31(25)47)26-12-13-28(45)41-30(26)46/h5-6,8-11,14,16,21,26H,1-2,4,12-13,15,17-20H2,(H,38,39,40)(H,41,45,46). The van der Waals surface area contributed by atoms with Gasteiger partial charge in [-0.2, -0.15) is 18.2 Å². The van der Waals surface area contributed by atoms with E-state index in [4.69, 9.17) is 0 Å². The van der Waals surface area contributed by atoms with E-state index in [0.29, 0.717) is 62.2 Å². The number of aromatic nitrogens is 2. The van der Waals surface area contributed by atoms with E-state index >= 15 is 0 Å². The van der Waals surface area contributed by atoms with E-state index in [1.54, 1.807) is 30.5 Å². The van der Waals surface area contributed by atoms with Crippen molar-refractivity contribution < 1.29 is 32.3 Å². The molecule has 4 heterocycles. The highest BCUT2D eigenvalue weighted by Gasteiger charge is 2.45. The molecule has 2 fully saturated rings. The van der Waals surface area contributed by atoms with E-state index in [-0.39, 0.29) is 24.0 Å². The summed E-state index contributed by atoms with van der Waals surface area (Å²) in [4.78, 5) is 64.0. The molecule has 2 N–H and O–H groups in total. The maximum atomic E-state index is 13.2. The van der Waals surface area contributed by atoms with Crippen LogP contribution in [0.15, 0.2) is 54.7 Å². The predicted octanol–water partition coefficient (Wildman–Crippen LogP) is 3.86. The molecule has 2 aromatic carbocycles. The number of halogens is 3. The van der Waals surface area contributed by atoms with Crippen LogP contribution in [-0.2, 0) is 15.8 Å².